The molecule has 0 spiro atoms. The van der Waals surface area contributed by atoms with E-state index in [0.717, 1.165) is 24.8 Å². The molecule has 1 amide bonds. The summed E-state index contributed by atoms with van der Waals surface area (Å²) in [6.07, 6.45) is 2.91. The number of thiocarbonyl (C=S) groups is 1. The zero-order valence-electron chi connectivity index (χ0n) is 12.9. The number of aryl methyl sites for hydroxylation is 1. The van der Waals surface area contributed by atoms with Crippen LogP contribution >= 0.6 is 23.6 Å². The molecule has 0 aromatic carbocycles. The van der Waals surface area contributed by atoms with Crippen molar-refractivity contribution in [3.05, 3.63) is 16.0 Å². The predicted molar refractivity (Wildman–Crippen MR) is 91.5 cm³/mol. The van der Waals surface area contributed by atoms with Gasteiger partial charge >= 0.3 is 5.97 Å². The van der Waals surface area contributed by atoms with Crippen LogP contribution in [0.3, 0.4) is 0 Å². The number of thiophene rings is 1. The summed E-state index contributed by atoms with van der Waals surface area (Å²) in [6.45, 7) is 5.70. The molecule has 7 heteroatoms. The molecule has 0 atom stereocenters. The Bertz CT molecular complexity index is 608. The minimum Gasteiger partial charge on any atom is -0.462 e. The first-order chi connectivity index (χ1) is 10.4. The van der Waals surface area contributed by atoms with Gasteiger partial charge in [-0.3, -0.25) is 4.79 Å². The molecule has 1 aliphatic rings. The van der Waals surface area contributed by atoms with E-state index < -0.39 is 0 Å². The molecule has 120 valence electrons. The minimum absolute atomic E-state index is 0.153. The van der Waals surface area contributed by atoms with Gasteiger partial charge in [0.25, 0.3) is 0 Å². The molecular formula is C15H20N2O3S2. The number of carbonyl (C=O) groups excluding carboxylic acids is 2. The van der Waals surface area contributed by atoms with Gasteiger partial charge in [0, 0.05) is 10.8 Å². The number of amides is 1. The van der Waals surface area contributed by atoms with Gasteiger partial charge in [-0.05, 0) is 44.0 Å². The fourth-order valence-electron chi connectivity index (χ4n) is 2.30. The van der Waals surface area contributed by atoms with E-state index in [0.29, 0.717) is 17.2 Å². The summed E-state index contributed by atoms with van der Waals surface area (Å²) in [5, 5.41) is 6.49. The molecule has 1 aromatic rings. The van der Waals surface area contributed by atoms with Crippen LogP contribution in [0.15, 0.2) is 0 Å². The second-order valence-corrected chi connectivity index (χ2v) is 6.89. The van der Waals surface area contributed by atoms with Crippen LogP contribution in [0.1, 0.15) is 48.0 Å². The van der Waals surface area contributed by atoms with Crippen molar-refractivity contribution >= 4 is 45.5 Å². The van der Waals surface area contributed by atoms with Gasteiger partial charge in [0.15, 0.2) is 5.11 Å². The average molecular weight is 340 g/mol. The predicted octanol–water partition coefficient (Wildman–Crippen LogP) is 2.88. The third kappa shape index (κ3) is 3.64. The van der Waals surface area contributed by atoms with Gasteiger partial charge in [-0.1, -0.05) is 13.8 Å². The monoisotopic (exact) mass is 340 g/mol. The molecule has 0 radical (unpaired) electrons. The van der Waals surface area contributed by atoms with E-state index >= 15 is 0 Å². The minimum atomic E-state index is -0.331. The van der Waals surface area contributed by atoms with Gasteiger partial charge < -0.3 is 15.4 Å². The number of esters is 1. The number of hydrogen-bond donors (Lipinski definition) is 2. The van der Waals surface area contributed by atoms with Crippen molar-refractivity contribution in [2.24, 2.45) is 5.92 Å². The quantitative estimate of drug-likeness (QED) is 0.652. The van der Waals surface area contributed by atoms with Gasteiger partial charge in [-0.2, -0.15) is 0 Å². The van der Waals surface area contributed by atoms with Crippen molar-refractivity contribution in [2.75, 3.05) is 11.9 Å². The summed E-state index contributed by atoms with van der Waals surface area (Å²) in [6, 6.07) is 0. The second-order valence-electron chi connectivity index (χ2n) is 5.38. The Morgan fingerprint density at radius 3 is 2.73 bits per heavy atom. The first-order valence-corrected chi connectivity index (χ1v) is 8.60. The molecule has 0 saturated carbocycles. The topological polar surface area (TPSA) is 67.4 Å². The zero-order valence-corrected chi connectivity index (χ0v) is 14.6. The summed E-state index contributed by atoms with van der Waals surface area (Å²) >= 11 is 6.68. The Morgan fingerprint density at radius 1 is 1.36 bits per heavy atom. The number of nitrogens with one attached hydrogen (secondary N) is 2. The molecule has 1 heterocycles. The van der Waals surface area contributed by atoms with Gasteiger partial charge in [-0.15, -0.1) is 11.3 Å². The lowest BCUT2D eigenvalue weighted by molar-refractivity contribution is -0.122. The zero-order chi connectivity index (χ0) is 16.3. The first-order valence-electron chi connectivity index (χ1n) is 7.37. The van der Waals surface area contributed by atoms with Crippen LogP contribution in [0.2, 0.25) is 0 Å². The lowest BCUT2D eigenvalue weighted by Gasteiger charge is -2.12. The highest BCUT2D eigenvalue weighted by Gasteiger charge is 2.28. The van der Waals surface area contributed by atoms with E-state index in [2.05, 4.69) is 10.6 Å². The molecule has 0 unspecified atom stereocenters. The normalized spacial score (nSPS) is 12.9. The van der Waals surface area contributed by atoms with Crippen LogP contribution < -0.4 is 10.6 Å². The Labute approximate surface area is 139 Å². The summed E-state index contributed by atoms with van der Waals surface area (Å²) in [5.74, 6) is -0.640. The Balaban J connectivity index is 2.19. The van der Waals surface area contributed by atoms with Gasteiger partial charge in [0.1, 0.15) is 5.00 Å². The molecule has 2 N–H and O–H groups in total. The second kappa shape index (κ2) is 7.19. The van der Waals surface area contributed by atoms with E-state index in [1.807, 2.05) is 0 Å². The SMILES string of the molecule is CCOC(=O)c1c(NC(=S)NC(=O)C(C)C)sc2c1CCC2. The van der Waals surface area contributed by atoms with E-state index in [1.165, 1.54) is 16.2 Å². The summed E-state index contributed by atoms with van der Waals surface area (Å²) < 4.78 is 5.15. The Morgan fingerprint density at radius 2 is 2.09 bits per heavy atom. The number of carbonyl (C=O) groups is 2. The third-order valence-corrected chi connectivity index (χ3v) is 4.80. The lowest BCUT2D eigenvalue weighted by Crippen LogP contribution is -2.36. The Kier molecular flexibility index (Phi) is 5.52. The highest BCUT2D eigenvalue weighted by atomic mass is 32.1. The molecule has 2 rings (SSSR count). The Hall–Kier alpha value is -1.47. The van der Waals surface area contributed by atoms with E-state index in [4.69, 9.17) is 17.0 Å². The third-order valence-electron chi connectivity index (χ3n) is 3.39. The van der Waals surface area contributed by atoms with Gasteiger partial charge in [-0.25, -0.2) is 4.79 Å². The number of rotatable bonds is 4. The van der Waals surface area contributed by atoms with Crippen LogP contribution in [0.5, 0.6) is 0 Å². The van der Waals surface area contributed by atoms with Gasteiger partial charge in [0.05, 0.1) is 12.2 Å². The van der Waals surface area contributed by atoms with Crippen molar-refractivity contribution in [1.29, 1.82) is 0 Å². The van der Waals surface area contributed by atoms with Crippen molar-refractivity contribution in [1.82, 2.24) is 5.32 Å². The van der Waals surface area contributed by atoms with Crippen molar-refractivity contribution in [2.45, 2.75) is 40.0 Å². The van der Waals surface area contributed by atoms with E-state index in [9.17, 15) is 9.59 Å². The average Bonchev–Trinajstić information content (AvgIpc) is 2.98. The maximum Gasteiger partial charge on any atom is 0.341 e. The first kappa shape index (κ1) is 16.9. The number of hydrogen-bond acceptors (Lipinski definition) is 5. The molecule has 1 aromatic heterocycles. The highest BCUT2D eigenvalue weighted by molar-refractivity contribution is 7.80. The van der Waals surface area contributed by atoms with Crippen LogP contribution in [0.4, 0.5) is 5.00 Å². The molecule has 0 fully saturated rings. The van der Waals surface area contributed by atoms with E-state index in [1.54, 1.807) is 20.8 Å². The highest BCUT2D eigenvalue weighted by Crippen LogP contribution is 2.39. The summed E-state index contributed by atoms with van der Waals surface area (Å²) in [5.41, 5.74) is 1.63. The summed E-state index contributed by atoms with van der Waals surface area (Å²) in [7, 11) is 0. The van der Waals surface area contributed by atoms with Crippen molar-refractivity contribution in [3.8, 4) is 0 Å². The van der Waals surface area contributed by atoms with Gasteiger partial charge in [0.2, 0.25) is 5.91 Å². The number of fused-ring (bicyclic) bond motifs is 1. The van der Waals surface area contributed by atoms with Crippen molar-refractivity contribution < 1.29 is 14.3 Å². The lowest BCUT2D eigenvalue weighted by atomic mass is 10.1. The molecular weight excluding hydrogens is 320 g/mol. The van der Waals surface area contributed by atoms with Crippen LogP contribution in [-0.2, 0) is 22.4 Å². The molecule has 5 nitrogen and oxygen atoms in total. The van der Waals surface area contributed by atoms with Crippen LogP contribution in [0, 0.1) is 5.92 Å². The number of anilines is 1. The molecule has 0 aliphatic heterocycles. The largest absolute Gasteiger partial charge is 0.462 e. The van der Waals surface area contributed by atoms with Crippen molar-refractivity contribution in [3.63, 3.8) is 0 Å². The maximum atomic E-state index is 12.2. The molecule has 22 heavy (non-hydrogen) atoms. The smallest absolute Gasteiger partial charge is 0.341 e. The van der Waals surface area contributed by atoms with E-state index in [-0.39, 0.29) is 22.9 Å². The molecule has 1 aliphatic carbocycles. The summed E-state index contributed by atoms with van der Waals surface area (Å²) in [4.78, 5) is 25.1. The molecule has 0 bridgehead atoms. The standard InChI is InChI=1S/C15H20N2O3S2/c1-4-20-14(19)11-9-6-5-7-10(9)22-13(11)17-15(21)16-12(18)8(2)3/h8H,4-7H2,1-3H3,(H2,16,17,18,21). The fraction of sp³-hybridized carbons (Fsp3) is 0.533. The maximum absolute atomic E-state index is 12.2. The van der Waals surface area contributed by atoms with Crippen LogP contribution in [0.25, 0.3) is 0 Å². The fourth-order valence-corrected chi connectivity index (χ4v) is 3.85. The molecule has 0 saturated heterocycles. The number of ether oxygens (including phenoxy) is 1. The van der Waals surface area contributed by atoms with Crippen LogP contribution in [-0.4, -0.2) is 23.6 Å².